The van der Waals surface area contributed by atoms with Crippen molar-refractivity contribution in [2.75, 3.05) is 0 Å². The lowest BCUT2D eigenvalue weighted by atomic mass is 10.1. The first-order valence-corrected chi connectivity index (χ1v) is 2.81. The summed E-state index contributed by atoms with van der Waals surface area (Å²) in [6.07, 6.45) is 4.03. The summed E-state index contributed by atoms with van der Waals surface area (Å²) < 4.78 is 0. The Kier molecular flexibility index (Phi) is 3.24. The van der Waals surface area contributed by atoms with Gasteiger partial charge in [-0.15, -0.1) is 0 Å². The Morgan fingerprint density at radius 1 is 1.20 bits per heavy atom. The van der Waals surface area contributed by atoms with Crippen molar-refractivity contribution in [1.29, 1.82) is 0 Å². The van der Waals surface area contributed by atoms with Gasteiger partial charge >= 0.3 is 0 Å². The maximum atomic E-state index is 9.30. The fourth-order valence-electron chi connectivity index (χ4n) is 0.352. The third kappa shape index (κ3) is 2.34. The van der Waals surface area contributed by atoms with Crippen LogP contribution in [0, 0.1) is 11.8 Å². The minimum atomic E-state index is -1.27. The minimum Gasteiger partial charge on any atom is -0.370 e. The molecule has 0 aromatic rings. The highest BCUT2D eigenvalue weighted by molar-refractivity contribution is 5.31. The van der Waals surface area contributed by atoms with Gasteiger partial charge in [0.1, 0.15) is 0 Å². The average molecular weight is 134 g/mol. The molecule has 0 bridgehead atoms. The van der Waals surface area contributed by atoms with E-state index >= 15 is 0 Å². The summed E-state index contributed by atoms with van der Waals surface area (Å²) in [5.74, 6) is 5.01. The third-order valence-electron chi connectivity index (χ3n) is 0.997. The van der Waals surface area contributed by atoms with Crippen LogP contribution in [-0.4, -0.2) is 10.7 Å². The molecule has 1 nitrogen and oxygen atoms in total. The Morgan fingerprint density at radius 3 is 2.00 bits per heavy atom. The Morgan fingerprint density at radius 2 is 1.70 bits per heavy atom. The van der Waals surface area contributed by atoms with E-state index in [4.69, 9.17) is 0 Å². The van der Waals surface area contributed by atoms with Gasteiger partial charge in [-0.3, -0.25) is 0 Å². The second-order valence-corrected chi connectivity index (χ2v) is 1.71. The topological polar surface area (TPSA) is 20.2 Å². The van der Waals surface area contributed by atoms with Crippen molar-refractivity contribution in [1.82, 2.24) is 0 Å². The van der Waals surface area contributed by atoms with Crippen molar-refractivity contribution in [2.24, 2.45) is 0 Å². The molecule has 0 heterocycles. The van der Waals surface area contributed by atoms with E-state index in [1.165, 1.54) is 18.2 Å². The van der Waals surface area contributed by atoms with E-state index in [0.717, 1.165) is 0 Å². The van der Waals surface area contributed by atoms with Crippen LogP contribution in [0.4, 0.5) is 0 Å². The molecule has 0 spiro atoms. The van der Waals surface area contributed by atoms with Crippen LogP contribution < -0.4 is 0 Å². The summed E-state index contributed by atoms with van der Waals surface area (Å²) in [6.45, 7) is 10.2. The zero-order chi connectivity index (χ0) is 8.04. The highest BCUT2D eigenvalue weighted by Gasteiger charge is 2.11. The zero-order valence-corrected chi connectivity index (χ0v) is 5.80. The van der Waals surface area contributed by atoms with E-state index in [9.17, 15) is 5.11 Å². The fraction of sp³-hybridized carbons (Fsp3) is 0.111. The Hall–Kier alpha value is -1.26. The lowest BCUT2D eigenvalue weighted by molar-refractivity contribution is 0.205. The van der Waals surface area contributed by atoms with Crippen LogP contribution in [0.3, 0.4) is 0 Å². The Bertz CT molecular complexity index is 195. The molecular weight excluding hydrogens is 124 g/mol. The van der Waals surface area contributed by atoms with Crippen molar-refractivity contribution >= 4 is 0 Å². The molecule has 0 atom stereocenters. The summed E-state index contributed by atoms with van der Waals surface area (Å²) >= 11 is 0. The average Bonchev–Trinajstić information content (AvgIpc) is 2.00. The van der Waals surface area contributed by atoms with E-state index in [1.54, 1.807) is 0 Å². The summed E-state index contributed by atoms with van der Waals surface area (Å²) in [4.78, 5) is 0. The molecular formula is C9H10O. The third-order valence-corrected chi connectivity index (χ3v) is 0.997. The molecule has 0 fully saturated rings. The highest BCUT2D eigenvalue weighted by atomic mass is 16.3. The number of hydrogen-bond donors (Lipinski definition) is 1. The molecule has 0 aliphatic heterocycles. The summed E-state index contributed by atoms with van der Waals surface area (Å²) in [5, 5.41) is 9.30. The molecule has 10 heavy (non-hydrogen) atoms. The van der Waals surface area contributed by atoms with Crippen LogP contribution >= 0.6 is 0 Å². The van der Waals surface area contributed by atoms with Crippen molar-refractivity contribution in [3.8, 4) is 11.8 Å². The quantitative estimate of drug-likeness (QED) is 0.445. The molecule has 0 amide bonds. The lowest BCUT2D eigenvalue weighted by Gasteiger charge is -2.09. The van der Waals surface area contributed by atoms with Gasteiger partial charge in [-0.2, -0.15) is 0 Å². The maximum Gasteiger partial charge on any atom is 0.162 e. The number of aliphatic hydroxyl groups is 1. The molecule has 0 saturated heterocycles. The van der Waals surface area contributed by atoms with Gasteiger partial charge < -0.3 is 5.11 Å². The van der Waals surface area contributed by atoms with Crippen LogP contribution in [0.15, 0.2) is 38.0 Å². The zero-order valence-electron chi connectivity index (χ0n) is 5.80. The van der Waals surface area contributed by atoms with Gasteiger partial charge in [0.15, 0.2) is 5.60 Å². The SMILES string of the molecule is C=CC#CC(O)(C=C)C=C. The van der Waals surface area contributed by atoms with Gasteiger partial charge in [0.2, 0.25) is 0 Å². The molecule has 1 heteroatoms. The molecule has 0 saturated carbocycles. The second-order valence-electron chi connectivity index (χ2n) is 1.71. The molecule has 0 aliphatic carbocycles. The van der Waals surface area contributed by atoms with Gasteiger partial charge in [0, 0.05) is 0 Å². The highest BCUT2D eigenvalue weighted by Crippen LogP contribution is 2.03. The molecule has 0 aromatic heterocycles. The van der Waals surface area contributed by atoms with Crippen LogP contribution in [0.1, 0.15) is 0 Å². The molecule has 0 aromatic carbocycles. The van der Waals surface area contributed by atoms with Crippen LogP contribution in [0.5, 0.6) is 0 Å². The van der Waals surface area contributed by atoms with Crippen LogP contribution in [-0.2, 0) is 0 Å². The van der Waals surface area contributed by atoms with E-state index in [1.807, 2.05) is 0 Å². The summed E-state index contributed by atoms with van der Waals surface area (Å²) in [5.41, 5.74) is -1.27. The molecule has 0 aliphatic rings. The summed E-state index contributed by atoms with van der Waals surface area (Å²) in [7, 11) is 0. The Labute approximate surface area is 61.4 Å². The smallest absolute Gasteiger partial charge is 0.162 e. The molecule has 0 rings (SSSR count). The fourth-order valence-corrected chi connectivity index (χ4v) is 0.352. The molecule has 0 unspecified atom stereocenters. The normalized spacial score (nSPS) is 8.90. The standard InChI is InChI=1S/C9H10O/c1-4-7-8-9(10,5-2)6-3/h4-6,10H,1-3H2. The monoisotopic (exact) mass is 134 g/mol. The first kappa shape index (κ1) is 8.74. The molecule has 1 N–H and O–H groups in total. The number of hydrogen-bond acceptors (Lipinski definition) is 1. The Balaban J connectivity index is 4.48. The molecule has 52 valence electrons. The van der Waals surface area contributed by atoms with Crippen molar-refractivity contribution in [2.45, 2.75) is 5.60 Å². The summed E-state index contributed by atoms with van der Waals surface area (Å²) in [6, 6.07) is 0. The molecule has 0 radical (unpaired) electrons. The van der Waals surface area contributed by atoms with E-state index in [-0.39, 0.29) is 0 Å². The van der Waals surface area contributed by atoms with Gasteiger partial charge in [0.25, 0.3) is 0 Å². The van der Waals surface area contributed by atoms with E-state index < -0.39 is 5.60 Å². The predicted molar refractivity (Wildman–Crippen MR) is 43.3 cm³/mol. The second kappa shape index (κ2) is 3.71. The lowest BCUT2D eigenvalue weighted by Crippen LogP contribution is -2.18. The van der Waals surface area contributed by atoms with Crippen molar-refractivity contribution < 1.29 is 5.11 Å². The first-order valence-electron chi connectivity index (χ1n) is 2.81. The first-order chi connectivity index (χ1) is 4.68. The van der Waals surface area contributed by atoms with Gasteiger partial charge in [0.05, 0.1) is 0 Å². The largest absolute Gasteiger partial charge is 0.370 e. The van der Waals surface area contributed by atoms with E-state index in [0.29, 0.717) is 0 Å². The van der Waals surface area contributed by atoms with Gasteiger partial charge in [-0.1, -0.05) is 31.6 Å². The number of rotatable bonds is 2. The van der Waals surface area contributed by atoms with Gasteiger partial charge in [-0.05, 0) is 18.2 Å². The van der Waals surface area contributed by atoms with Crippen molar-refractivity contribution in [3.63, 3.8) is 0 Å². The predicted octanol–water partition coefficient (Wildman–Crippen LogP) is 1.28. The van der Waals surface area contributed by atoms with E-state index in [2.05, 4.69) is 31.6 Å². The maximum absolute atomic E-state index is 9.30. The minimum absolute atomic E-state index is 1.27. The van der Waals surface area contributed by atoms with Crippen LogP contribution in [0.2, 0.25) is 0 Å². The van der Waals surface area contributed by atoms with Crippen molar-refractivity contribution in [3.05, 3.63) is 38.0 Å². The number of allylic oxidation sites excluding steroid dienone is 1. The van der Waals surface area contributed by atoms with Gasteiger partial charge in [-0.25, -0.2) is 0 Å². The van der Waals surface area contributed by atoms with Crippen LogP contribution in [0.25, 0.3) is 0 Å².